The molecule has 0 aromatic carbocycles. The molecule has 0 atom stereocenters. The molecule has 3 aromatic heterocycles. The van der Waals surface area contributed by atoms with Gasteiger partial charge in [-0.1, -0.05) is 37.9 Å². The van der Waals surface area contributed by atoms with Gasteiger partial charge in [-0.15, -0.1) is 21.5 Å². The summed E-state index contributed by atoms with van der Waals surface area (Å²) >= 11 is 3.24. The molecule has 1 saturated carbocycles. The molecule has 0 bridgehead atoms. The van der Waals surface area contributed by atoms with Crippen molar-refractivity contribution in [2.75, 3.05) is 12.8 Å². The second kappa shape index (κ2) is 7.56. The van der Waals surface area contributed by atoms with E-state index in [1.807, 2.05) is 11.9 Å². The molecule has 0 saturated heterocycles. The highest BCUT2D eigenvalue weighted by atomic mass is 32.2. The molecular weight excluding hydrogens is 364 g/mol. The summed E-state index contributed by atoms with van der Waals surface area (Å²) in [5.74, 6) is 1.57. The summed E-state index contributed by atoms with van der Waals surface area (Å²) in [6.45, 7) is 2.09. The molecule has 26 heavy (non-hydrogen) atoms. The number of aryl methyl sites for hydroxylation is 1. The van der Waals surface area contributed by atoms with Crippen molar-refractivity contribution >= 4 is 44.7 Å². The van der Waals surface area contributed by atoms with Gasteiger partial charge in [-0.2, -0.15) is 0 Å². The van der Waals surface area contributed by atoms with Crippen molar-refractivity contribution < 1.29 is 4.79 Å². The first-order valence-electron chi connectivity index (χ1n) is 9.31. The van der Waals surface area contributed by atoms with Crippen molar-refractivity contribution in [2.45, 2.75) is 56.5 Å². The van der Waals surface area contributed by atoms with Gasteiger partial charge < -0.3 is 4.90 Å². The first kappa shape index (κ1) is 17.8. The molecule has 1 fully saturated rings. The molecule has 1 aliphatic carbocycles. The van der Waals surface area contributed by atoms with Crippen LogP contribution in [0.3, 0.4) is 0 Å². The Bertz CT molecular complexity index is 926. The predicted octanol–water partition coefficient (Wildman–Crippen LogP) is 4.39. The van der Waals surface area contributed by atoms with Crippen LogP contribution < -0.4 is 0 Å². The Kier molecular flexibility index (Phi) is 5.18. The van der Waals surface area contributed by atoms with E-state index in [2.05, 4.69) is 39.0 Å². The highest BCUT2D eigenvalue weighted by Crippen LogP contribution is 2.31. The van der Waals surface area contributed by atoms with Gasteiger partial charge in [-0.25, -0.2) is 0 Å². The lowest BCUT2D eigenvalue weighted by molar-refractivity contribution is -0.129. The summed E-state index contributed by atoms with van der Waals surface area (Å²) in [5.41, 5.74) is 2.25. The lowest BCUT2D eigenvalue weighted by Gasteiger charge is -2.31. The number of aromatic nitrogens is 3. The molecule has 1 amide bonds. The van der Waals surface area contributed by atoms with E-state index in [1.165, 1.54) is 41.2 Å². The van der Waals surface area contributed by atoms with Crippen LogP contribution in [0.15, 0.2) is 22.5 Å². The Morgan fingerprint density at radius 2 is 2.12 bits per heavy atom. The molecule has 0 N–H and O–H groups in total. The molecule has 3 heterocycles. The number of hydrogen-bond acceptors (Lipinski definition) is 5. The smallest absolute Gasteiger partial charge is 0.232 e. The zero-order valence-corrected chi connectivity index (χ0v) is 16.9. The van der Waals surface area contributed by atoms with Gasteiger partial charge in [0.15, 0.2) is 0 Å². The highest BCUT2D eigenvalue weighted by Gasteiger charge is 2.23. The first-order chi connectivity index (χ1) is 12.7. The predicted molar refractivity (Wildman–Crippen MR) is 108 cm³/mol. The van der Waals surface area contributed by atoms with Gasteiger partial charge in [0, 0.05) is 19.5 Å². The van der Waals surface area contributed by atoms with Crippen LogP contribution in [0.1, 0.15) is 44.9 Å². The lowest BCUT2D eigenvalue weighted by atomic mass is 9.94. The van der Waals surface area contributed by atoms with E-state index >= 15 is 0 Å². The number of carbonyl (C=O) groups is 1. The van der Waals surface area contributed by atoms with Crippen molar-refractivity contribution in [1.29, 1.82) is 0 Å². The van der Waals surface area contributed by atoms with Crippen LogP contribution in [0.25, 0.3) is 15.7 Å². The summed E-state index contributed by atoms with van der Waals surface area (Å²) < 4.78 is 3.43. The van der Waals surface area contributed by atoms with Crippen LogP contribution in [0.4, 0.5) is 0 Å². The van der Waals surface area contributed by atoms with Gasteiger partial charge in [-0.3, -0.25) is 9.20 Å². The Hall–Kier alpha value is -1.60. The van der Waals surface area contributed by atoms with E-state index in [-0.39, 0.29) is 5.91 Å². The quantitative estimate of drug-likeness (QED) is 0.608. The minimum Gasteiger partial charge on any atom is -0.342 e. The highest BCUT2D eigenvalue weighted by molar-refractivity contribution is 8.00. The molecule has 5 nitrogen and oxygen atoms in total. The minimum atomic E-state index is 0.190. The number of rotatable bonds is 5. The number of thiophene rings is 1. The monoisotopic (exact) mass is 388 g/mol. The Morgan fingerprint density at radius 1 is 1.31 bits per heavy atom. The van der Waals surface area contributed by atoms with E-state index < -0.39 is 0 Å². The van der Waals surface area contributed by atoms with E-state index in [0.717, 1.165) is 35.6 Å². The number of thioether (sulfide) groups is 1. The Labute approximate surface area is 161 Å². The van der Waals surface area contributed by atoms with Gasteiger partial charge in [0.05, 0.1) is 21.5 Å². The summed E-state index contributed by atoms with van der Waals surface area (Å²) in [6, 6.07) is 4.71. The lowest BCUT2D eigenvalue weighted by Crippen LogP contribution is -2.39. The van der Waals surface area contributed by atoms with Gasteiger partial charge in [0.25, 0.3) is 0 Å². The molecular formula is C19H24N4OS2. The summed E-state index contributed by atoms with van der Waals surface area (Å²) in [4.78, 5) is 14.6. The second-order valence-corrected chi connectivity index (χ2v) is 8.81. The van der Waals surface area contributed by atoms with Crippen molar-refractivity contribution in [2.24, 2.45) is 0 Å². The average molecular weight is 389 g/mol. The van der Waals surface area contributed by atoms with Crippen LogP contribution in [-0.2, 0) is 11.2 Å². The summed E-state index contributed by atoms with van der Waals surface area (Å²) in [5, 5.41) is 11.8. The van der Waals surface area contributed by atoms with Crippen molar-refractivity contribution in [3.63, 3.8) is 0 Å². The van der Waals surface area contributed by atoms with Gasteiger partial charge in [0.1, 0.15) is 10.9 Å². The molecule has 0 spiro atoms. The molecule has 138 valence electrons. The number of hydrogen-bond donors (Lipinski definition) is 0. The maximum atomic E-state index is 12.6. The maximum Gasteiger partial charge on any atom is 0.232 e. The third-order valence-corrected chi connectivity index (χ3v) is 7.13. The average Bonchev–Trinajstić information content (AvgIpc) is 3.27. The van der Waals surface area contributed by atoms with E-state index in [1.54, 1.807) is 11.3 Å². The minimum absolute atomic E-state index is 0.190. The number of amides is 1. The number of carbonyl (C=O) groups excluding carboxylic acids is 1. The normalized spacial score (nSPS) is 15.8. The SMILES string of the molecule is CCc1nnc(SCC(=O)N(C)C2CCCCC2)c2cc3sccc3n12. The fourth-order valence-corrected chi connectivity index (χ4v) is 5.46. The standard InChI is InChI=1S/C19H24N4OS2/c1-3-17-20-21-19(15-11-16-14(23(15)17)9-10-25-16)26-12-18(24)22(2)13-7-5-4-6-8-13/h9-11,13H,3-8,12H2,1-2H3. The fourth-order valence-electron chi connectivity index (χ4n) is 3.80. The van der Waals surface area contributed by atoms with Crippen LogP contribution in [-0.4, -0.2) is 44.2 Å². The first-order valence-corrected chi connectivity index (χ1v) is 11.2. The maximum absolute atomic E-state index is 12.6. The van der Waals surface area contributed by atoms with E-state index in [9.17, 15) is 4.79 Å². The van der Waals surface area contributed by atoms with Crippen LogP contribution in [0.2, 0.25) is 0 Å². The topological polar surface area (TPSA) is 50.5 Å². The van der Waals surface area contributed by atoms with E-state index in [4.69, 9.17) is 0 Å². The Balaban J connectivity index is 1.54. The molecule has 0 unspecified atom stereocenters. The largest absolute Gasteiger partial charge is 0.342 e. The van der Waals surface area contributed by atoms with Crippen molar-refractivity contribution in [3.05, 3.63) is 23.3 Å². The molecule has 0 radical (unpaired) electrons. The van der Waals surface area contributed by atoms with Gasteiger partial charge >= 0.3 is 0 Å². The zero-order chi connectivity index (χ0) is 18.1. The van der Waals surface area contributed by atoms with Crippen molar-refractivity contribution in [3.8, 4) is 0 Å². The third-order valence-electron chi connectivity index (χ3n) is 5.32. The summed E-state index contributed by atoms with van der Waals surface area (Å²) in [7, 11) is 1.95. The van der Waals surface area contributed by atoms with Crippen LogP contribution in [0, 0.1) is 0 Å². The molecule has 3 aromatic rings. The van der Waals surface area contributed by atoms with E-state index in [0.29, 0.717) is 11.8 Å². The van der Waals surface area contributed by atoms with Gasteiger partial charge in [0.2, 0.25) is 5.91 Å². The Morgan fingerprint density at radius 3 is 2.88 bits per heavy atom. The van der Waals surface area contributed by atoms with Crippen LogP contribution >= 0.6 is 23.1 Å². The molecule has 1 aliphatic rings. The number of fused-ring (bicyclic) bond motifs is 3. The molecule has 7 heteroatoms. The third kappa shape index (κ3) is 3.22. The second-order valence-electron chi connectivity index (χ2n) is 6.90. The molecule has 4 rings (SSSR count). The van der Waals surface area contributed by atoms with Gasteiger partial charge in [-0.05, 0) is 30.4 Å². The number of nitrogens with zero attached hydrogens (tertiary/aromatic N) is 4. The molecule has 0 aliphatic heterocycles. The zero-order valence-electron chi connectivity index (χ0n) is 15.3. The van der Waals surface area contributed by atoms with Crippen LogP contribution in [0.5, 0.6) is 0 Å². The van der Waals surface area contributed by atoms with Crippen molar-refractivity contribution in [1.82, 2.24) is 19.5 Å². The fraction of sp³-hybridized carbons (Fsp3) is 0.526. The summed E-state index contributed by atoms with van der Waals surface area (Å²) in [6.07, 6.45) is 6.88.